The van der Waals surface area contributed by atoms with Crippen molar-refractivity contribution in [3.05, 3.63) is 74.2 Å². The molecule has 0 aliphatic carbocycles. The lowest BCUT2D eigenvalue weighted by Gasteiger charge is -2.21. The minimum Gasteiger partial charge on any atom is -0.467 e. The molecular formula is C20H23N3O3S. The summed E-state index contributed by atoms with van der Waals surface area (Å²) in [6, 6.07) is 10.6. The Labute approximate surface area is 162 Å². The quantitative estimate of drug-likeness (QED) is 0.591. The van der Waals surface area contributed by atoms with E-state index in [1.165, 1.54) is 21.7 Å². The van der Waals surface area contributed by atoms with Gasteiger partial charge in [0.1, 0.15) is 11.5 Å². The standard InChI is InChI=1S/C20H23N3O3S/c1-3-4-11-23-19(24)10-9-18(21-23)20(25)22(13-16-6-5-12-26-16)14-17-8-7-15(2)27-17/h5-10,12H,3-4,11,13-14H2,1-2H3. The summed E-state index contributed by atoms with van der Waals surface area (Å²) in [5.74, 6) is 0.485. The zero-order valence-electron chi connectivity index (χ0n) is 15.6. The second kappa shape index (κ2) is 8.81. The maximum Gasteiger partial charge on any atom is 0.275 e. The molecule has 0 N–H and O–H groups in total. The SMILES string of the molecule is CCCCn1nc(C(=O)N(Cc2ccco2)Cc2ccc(C)s2)ccc1=O. The van der Waals surface area contributed by atoms with Crippen LogP contribution in [-0.4, -0.2) is 20.6 Å². The average Bonchev–Trinajstić information content (AvgIpc) is 3.31. The third kappa shape index (κ3) is 4.95. The molecule has 3 heterocycles. The number of furan rings is 1. The second-order valence-electron chi connectivity index (χ2n) is 6.39. The van der Waals surface area contributed by atoms with Crippen molar-refractivity contribution in [2.45, 2.75) is 46.3 Å². The summed E-state index contributed by atoms with van der Waals surface area (Å²) < 4.78 is 6.79. The highest BCUT2D eigenvalue weighted by atomic mass is 32.1. The highest BCUT2D eigenvalue weighted by molar-refractivity contribution is 7.11. The van der Waals surface area contributed by atoms with Gasteiger partial charge in [-0.05, 0) is 43.7 Å². The number of hydrogen-bond donors (Lipinski definition) is 0. The number of unbranched alkanes of at least 4 members (excludes halogenated alkanes) is 1. The number of aryl methyl sites for hydroxylation is 2. The van der Waals surface area contributed by atoms with E-state index in [0.29, 0.717) is 25.4 Å². The first kappa shape index (κ1) is 19.1. The predicted octanol–water partition coefficient (Wildman–Crippen LogP) is 3.85. The first-order valence-electron chi connectivity index (χ1n) is 9.02. The summed E-state index contributed by atoms with van der Waals surface area (Å²) in [6.45, 7) is 5.41. The van der Waals surface area contributed by atoms with Crippen molar-refractivity contribution in [2.24, 2.45) is 0 Å². The van der Waals surface area contributed by atoms with Crippen molar-refractivity contribution in [1.29, 1.82) is 0 Å². The predicted molar refractivity (Wildman–Crippen MR) is 105 cm³/mol. The lowest BCUT2D eigenvalue weighted by molar-refractivity contribution is 0.0710. The Hall–Kier alpha value is -2.67. The highest BCUT2D eigenvalue weighted by Crippen LogP contribution is 2.20. The van der Waals surface area contributed by atoms with E-state index in [9.17, 15) is 9.59 Å². The summed E-state index contributed by atoms with van der Waals surface area (Å²) in [5, 5.41) is 4.29. The van der Waals surface area contributed by atoms with Crippen LogP contribution in [0.4, 0.5) is 0 Å². The molecule has 142 valence electrons. The van der Waals surface area contributed by atoms with Crippen molar-refractivity contribution >= 4 is 17.2 Å². The van der Waals surface area contributed by atoms with Crippen LogP contribution in [0.5, 0.6) is 0 Å². The van der Waals surface area contributed by atoms with Gasteiger partial charge in [0.2, 0.25) is 0 Å². The summed E-state index contributed by atoms with van der Waals surface area (Å²) in [4.78, 5) is 29.1. The molecule has 3 rings (SSSR count). The molecular weight excluding hydrogens is 362 g/mol. The fourth-order valence-corrected chi connectivity index (χ4v) is 3.65. The van der Waals surface area contributed by atoms with Gasteiger partial charge in [-0.2, -0.15) is 5.10 Å². The van der Waals surface area contributed by atoms with Gasteiger partial charge in [-0.3, -0.25) is 9.59 Å². The van der Waals surface area contributed by atoms with Crippen molar-refractivity contribution in [3.8, 4) is 0 Å². The van der Waals surface area contributed by atoms with E-state index in [1.54, 1.807) is 28.6 Å². The largest absolute Gasteiger partial charge is 0.467 e. The Balaban J connectivity index is 1.86. The summed E-state index contributed by atoms with van der Waals surface area (Å²) >= 11 is 1.66. The molecule has 0 aromatic carbocycles. The fourth-order valence-electron chi connectivity index (χ4n) is 2.74. The van der Waals surface area contributed by atoms with Crippen LogP contribution in [0.2, 0.25) is 0 Å². The van der Waals surface area contributed by atoms with Gasteiger partial charge in [0.15, 0.2) is 0 Å². The van der Waals surface area contributed by atoms with Crippen LogP contribution in [0.15, 0.2) is 51.9 Å². The van der Waals surface area contributed by atoms with E-state index < -0.39 is 0 Å². The van der Waals surface area contributed by atoms with Crippen molar-refractivity contribution in [2.75, 3.05) is 0 Å². The molecule has 0 saturated carbocycles. The van der Waals surface area contributed by atoms with Gasteiger partial charge in [-0.1, -0.05) is 13.3 Å². The lowest BCUT2D eigenvalue weighted by atomic mass is 10.3. The van der Waals surface area contributed by atoms with E-state index >= 15 is 0 Å². The molecule has 3 aromatic rings. The van der Waals surface area contributed by atoms with Crippen molar-refractivity contribution in [1.82, 2.24) is 14.7 Å². The molecule has 0 unspecified atom stereocenters. The summed E-state index contributed by atoms with van der Waals surface area (Å²) in [5.41, 5.74) is 0.0806. The van der Waals surface area contributed by atoms with Crippen molar-refractivity contribution in [3.63, 3.8) is 0 Å². The molecule has 7 heteroatoms. The second-order valence-corrected chi connectivity index (χ2v) is 7.76. The molecule has 1 amide bonds. The van der Waals surface area contributed by atoms with Crippen molar-refractivity contribution < 1.29 is 9.21 Å². The molecule has 0 saturated heterocycles. The fraction of sp³-hybridized carbons (Fsp3) is 0.350. The smallest absolute Gasteiger partial charge is 0.275 e. The van der Waals surface area contributed by atoms with Crippen LogP contribution in [-0.2, 0) is 19.6 Å². The van der Waals surface area contributed by atoms with Gasteiger partial charge < -0.3 is 9.32 Å². The number of hydrogen-bond acceptors (Lipinski definition) is 5. The van der Waals surface area contributed by atoms with Crippen LogP contribution in [0.1, 0.15) is 45.8 Å². The Morgan fingerprint density at radius 3 is 2.74 bits per heavy atom. The molecule has 0 aliphatic rings. The van der Waals surface area contributed by atoms with Gasteiger partial charge in [0.05, 0.1) is 19.4 Å². The highest BCUT2D eigenvalue weighted by Gasteiger charge is 2.20. The van der Waals surface area contributed by atoms with Crippen LogP contribution >= 0.6 is 11.3 Å². The first-order valence-corrected chi connectivity index (χ1v) is 9.83. The number of rotatable bonds is 8. The van der Waals surface area contributed by atoms with E-state index in [1.807, 2.05) is 32.0 Å². The number of thiophene rings is 1. The van der Waals surface area contributed by atoms with Crippen LogP contribution in [0, 0.1) is 6.92 Å². The van der Waals surface area contributed by atoms with Gasteiger partial charge in [0.25, 0.3) is 11.5 Å². The Bertz CT molecular complexity index is 944. The molecule has 0 bridgehead atoms. The number of aromatic nitrogens is 2. The number of carbonyl (C=O) groups excluding carboxylic acids is 1. The Morgan fingerprint density at radius 2 is 2.07 bits per heavy atom. The average molecular weight is 385 g/mol. The van der Waals surface area contributed by atoms with E-state index in [4.69, 9.17) is 4.42 Å². The van der Waals surface area contributed by atoms with E-state index in [2.05, 4.69) is 5.10 Å². The van der Waals surface area contributed by atoms with Crippen LogP contribution in [0.3, 0.4) is 0 Å². The number of amides is 1. The zero-order valence-corrected chi connectivity index (χ0v) is 16.4. The molecule has 3 aromatic heterocycles. The normalized spacial score (nSPS) is 10.9. The molecule has 0 fully saturated rings. The number of carbonyl (C=O) groups is 1. The third-order valence-electron chi connectivity index (χ3n) is 4.17. The van der Waals surface area contributed by atoms with Gasteiger partial charge in [-0.25, -0.2) is 4.68 Å². The van der Waals surface area contributed by atoms with Crippen LogP contribution < -0.4 is 5.56 Å². The Kier molecular flexibility index (Phi) is 6.24. The molecule has 0 radical (unpaired) electrons. The topological polar surface area (TPSA) is 68.3 Å². The minimum absolute atomic E-state index is 0.188. The maximum absolute atomic E-state index is 13.1. The third-order valence-corrected chi connectivity index (χ3v) is 5.15. The summed E-state index contributed by atoms with van der Waals surface area (Å²) in [7, 11) is 0. The van der Waals surface area contributed by atoms with Crippen LogP contribution in [0.25, 0.3) is 0 Å². The molecule has 0 atom stereocenters. The monoisotopic (exact) mass is 385 g/mol. The van der Waals surface area contributed by atoms with Gasteiger partial charge >= 0.3 is 0 Å². The van der Waals surface area contributed by atoms with E-state index in [-0.39, 0.29) is 17.2 Å². The minimum atomic E-state index is -0.220. The number of nitrogens with zero attached hydrogens (tertiary/aromatic N) is 3. The first-order chi connectivity index (χ1) is 13.1. The van der Waals surface area contributed by atoms with Gasteiger partial charge in [0, 0.05) is 22.4 Å². The van der Waals surface area contributed by atoms with Gasteiger partial charge in [-0.15, -0.1) is 11.3 Å². The molecule has 6 nitrogen and oxygen atoms in total. The molecule has 0 aliphatic heterocycles. The van der Waals surface area contributed by atoms with E-state index in [0.717, 1.165) is 17.7 Å². The zero-order chi connectivity index (χ0) is 19.2. The molecule has 27 heavy (non-hydrogen) atoms. The maximum atomic E-state index is 13.1. The Morgan fingerprint density at radius 1 is 1.22 bits per heavy atom. The summed E-state index contributed by atoms with van der Waals surface area (Å²) in [6.07, 6.45) is 3.39. The lowest BCUT2D eigenvalue weighted by Crippen LogP contribution is -2.33. The molecule has 0 spiro atoms.